The Morgan fingerprint density at radius 1 is 1.37 bits per heavy atom. The number of nitrogens with zero attached hydrogens (tertiary/aromatic N) is 1. The molecule has 1 aromatic carbocycles. The molecule has 106 valence electrons. The Kier molecular flexibility index (Phi) is 5.56. The number of rotatable bonds is 5. The van der Waals surface area contributed by atoms with Crippen LogP contribution in [0.2, 0.25) is 0 Å². The first-order valence-corrected chi connectivity index (χ1v) is 7.21. The molecule has 0 aliphatic rings. The Morgan fingerprint density at radius 2 is 2.00 bits per heavy atom. The summed E-state index contributed by atoms with van der Waals surface area (Å²) in [6.07, 6.45) is 0.171. The number of carboxylic acid groups (broad SMARTS) is 1. The average Bonchev–Trinajstić information content (AvgIpc) is 2.27. The van der Waals surface area contributed by atoms with Crippen LogP contribution >= 0.6 is 15.9 Å². The third kappa shape index (κ3) is 5.33. The van der Waals surface area contributed by atoms with E-state index < -0.39 is 5.97 Å². The molecule has 1 rings (SSSR count). The van der Waals surface area contributed by atoms with E-state index in [2.05, 4.69) is 66.7 Å². The van der Waals surface area contributed by atoms with Gasteiger partial charge in [0.2, 0.25) is 0 Å². The van der Waals surface area contributed by atoms with Crippen LogP contribution in [0.3, 0.4) is 0 Å². The Labute approximate surface area is 123 Å². The summed E-state index contributed by atoms with van der Waals surface area (Å²) in [5.74, 6) is -0.751. The first-order valence-electron chi connectivity index (χ1n) is 6.42. The van der Waals surface area contributed by atoms with Crippen molar-refractivity contribution in [2.24, 2.45) is 0 Å². The summed E-state index contributed by atoms with van der Waals surface area (Å²) < 4.78 is 1.09. The highest BCUT2D eigenvalue weighted by Crippen LogP contribution is 2.22. The van der Waals surface area contributed by atoms with Crippen molar-refractivity contribution in [2.45, 2.75) is 46.2 Å². The van der Waals surface area contributed by atoms with E-state index in [0.717, 1.165) is 11.0 Å². The maximum atomic E-state index is 10.7. The van der Waals surface area contributed by atoms with Gasteiger partial charge in [-0.15, -0.1) is 0 Å². The van der Waals surface area contributed by atoms with Crippen LogP contribution in [0.25, 0.3) is 0 Å². The lowest BCUT2D eigenvalue weighted by atomic mass is 10.0. The molecule has 0 amide bonds. The van der Waals surface area contributed by atoms with Gasteiger partial charge in [0, 0.05) is 23.1 Å². The van der Waals surface area contributed by atoms with Gasteiger partial charge in [-0.05, 0) is 44.9 Å². The van der Waals surface area contributed by atoms with Gasteiger partial charge in [-0.2, -0.15) is 0 Å². The van der Waals surface area contributed by atoms with Gasteiger partial charge in [-0.25, -0.2) is 0 Å². The number of hydrogen-bond donors (Lipinski definition) is 1. The maximum Gasteiger partial charge on any atom is 0.304 e. The van der Waals surface area contributed by atoms with Gasteiger partial charge in [0.25, 0.3) is 0 Å². The molecule has 0 aliphatic carbocycles. The van der Waals surface area contributed by atoms with Gasteiger partial charge in [-0.1, -0.05) is 28.1 Å². The van der Waals surface area contributed by atoms with E-state index in [1.54, 1.807) is 0 Å². The summed E-state index contributed by atoms with van der Waals surface area (Å²) in [5.41, 5.74) is 2.35. The van der Waals surface area contributed by atoms with E-state index in [4.69, 9.17) is 5.11 Å². The third-order valence-corrected chi connectivity index (χ3v) is 4.01. The highest BCUT2D eigenvalue weighted by Gasteiger charge is 2.22. The highest BCUT2D eigenvalue weighted by molar-refractivity contribution is 9.10. The molecule has 19 heavy (non-hydrogen) atoms. The SMILES string of the molecule is Cc1ccc(CN(CCC(=O)O)C(C)(C)C)cc1Br. The minimum Gasteiger partial charge on any atom is -0.481 e. The van der Waals surface area contributed by atoms with Gasteiger partial charge in [0.1, 0.15) is 0 Å². The molecule has 0 aromatic heterocycles. The lowest BCUT2D eigenvalue weighted by Gasteiger charge is -2.35. The van der Waals surface area contributed by atoms with Gasteiger partial charge in [0.15, 0.2) is 0 Å². The lowest BCUT2D eigenvalue weighted by Crippen LogP contribution is -2.42. The molecule has 0 bridgehead atoms. The van der Waals surface area contributed by atoms with Crippen molar-refractivity contribution in [3.63, 3.8) is 0 Å². The van der Waals surface area contributed by atoms with Gasteiger partial charge < -0.3 is 5.11 Å². The molecular weight excluding hydrogens is 306 g/mol. The van der Waals surface area contributed by atoms with Crippen molar-refractivity contribution < 1.29 is 9.90 Å². The van der Waals surface area contributed by atoms with Crippen LogP contribution in [0.1, 0.15) is 38.3 Å². The Balaban J connectivity index is 2.81. The van der Waals surface area contributed by atoms with Crippen LogP contribution in [0.15, 0.2) is 22.7 Å². The van der Waals surface area contributed by atoms with Crippen molar-refractivity contribution in [2.75, 3.05) is 6.54 Å². The van der Waals surface area contributed by atoms with Crippen LogP contribution in [0.5, 0.6) is 0 Å². The van der Waals surface area contributed by atoms with Crippen molar-refractivity contribution in [1.82, 2.24) is 4.90 Å². The molecule has 0 saturated heterocycles. The molecule has 0 atom stereocenters. The van der Waals surface area contributed by atoms with E-state index in [9.17, 15) is 4.79 Å². The standard InChI is InChI=1S/C15H22BrNO2/c1-11-5-6-12(9-13(11)16)10-17(15(2,3)4)8-7-14(18)19/h5-6,9H,7-8,10H2,1-4H3,(H,18,19). The number of aryl methyl sites for hydroxylation is 1. The second-order valence-corrected chi connectivity index (χ2v) is 6.67. The van der Waals surface area contributed by atoms with Crippen LogP contribution in [-0.2, 0) is 11.3 Å². The molecule has 0 fully saturated rings. The van der Waals surface area contributed by atoms with Crippen molar-refractivity contribution in [1.29, 1.82) is 0 Å². The molecular formula is C15H22BrNO2. The minimum atomic E-state index is -0.751. The first kappa shape index (κ1) is 16.2. The van der Waals surface area contributed by atoms with Crippen LogP contribution in [-0.4, -0.2) is 28.1 Å². The monoisotopic (exact) mass is 327 g/mol. The van der Waals surface area contributed by atoms with Gasteiger partial charge in [0.05, 0.1) is 6.42 Å². The van der Waals surface area contributed by atoms with Crippen molar-refractivity contribution in [3.8, 4) is 0 Å². The van der Waals surface area contributed by atoms with Crippen LogP contribution < -0.4 is 0 Å². The second kappa shape index (κ2) is 6.53. The molecule has 0 radical (unpaired) electrons. The lowest BCUT2D eigenvalue weighted by molar-refractivity contribution is -0.137. The summed E-state index contributed by atoms with van der Waals surface area (Å²) in [7, 11) is 0. The highest BCUT2D eigenvalue weighted by atomic mass is 79.9. The molecule has 1 aromatic rings. The number of carboxylic acids is 1. The predicted molar refractivity (Wildman–Crippen MR) is 81.3 cm³/mol. The molecule has 1 N–H and O–H groups in total. The zero-order valence-electron chi connectivity index (χ0n) is 12.0. The summed E-state index contributed by atoms with van der Waals surface area (Å²) in [6, 6.07) is 6.28. The minimum absolute atomic E-state index is 0.0488. The summed E-state index contributed by atoms with van der Waals surface area (Å²) >= 11 is 3.54. The zero-order valence-corrected chi connectivity index (χ0v) is 13.6. The summed E-state index contributed by atoms with van der Waals surface area (Å²) in [5, 5.41) is 8.84. The van der Waals surface area contributed by atoms with Crippen LogP contribution in [0.4, 0.5) is 0 Å². The smallest absolute Gasteiger partial charge is 0.304 e. The number of hydrogen-bond acceptors (Lipinski definition) is 2. The molecule has 0 heterocycles. The Morgan fingerprint density at radius 3 is 2.47 bits per heavy atom. The molecule has 0 spiro atoms. The predicted octanol–water partition coefficient (Wildman–Crippen LogP) is 3.83. The Bertz CT molecular complexity index is 452. The van der Waals surface area contributed by atoms with E-state index in [0.29, 0.717) is 6.54 Å². The molecule has 3 nitrogen and oxygen atoms in total. The van der Waals surface area contributed by atoms with Gasteiger partial charge >= 0.3 is 5.97 Å². The molecule has 0 aliphatic heterocycles. The average molecular weight is 328 g/mol. The van der Waals surface area contributed by atoms with Crippen molar-refractivity contribution in [3.05, 3.63) is 33.8 Å². The third-order valence-electron chi connectivity index (χ3n) is 3.15. The fourth-order valence-corrected chi connectivity index (χ4v) is 2.26. The van der Waals surface area contributed by atoms with E-state index >= 15 is 0 Å². The van der Waals surface area contributed by atoms with E-state index in [-0.39, 0.29) is 12.0 Å². The fraction of sp³-hybridized carbons (Fsp3) is 0.533. The molecule has 0 saturated carbocycles. The largest absolute Gasteiger partial charge is 0.481 e. The molecule has 4 heteroatoms. The second-order valence-electron chi connectivity index (χ2n) is 5.82. The molecule has 0 unspecified atom stereocenters. The summed E-state index contributed by atoms with van der Waals surface area (Å²) in [4.78, 5) is 12.9. The van der Waals surface area contributed by atoms with Crippen molar-refractivity contribution >= 4 is 21.9 Å². The number of halogens is 1. The normalized spacial score (nSPS) is 11.9. The quantitative estimate of drug-likeness (QED) is 0.893. The summed E-state index contributed by atoms with van der Waals surface area (Å²) in [6.45, 7) is 9.70. The van der Waals surface area contributed by atoms with E-state index in [1.807, 2.05) is 0 Å². The zero-order chi connectivity index (χ0) is 14.6. The topological polar surface area (TPSA) is 40.5 Å². The maximum absolute atomic E-state index is 10.7. The van der Waals surface area contributed by atoms with Gasteiger partial charge in [-0.3, -0.25) is 9.69 Å². The van der Waals surface area contributed by atoms with Crippen LogP contribution in [0, 0.1) is 6.92 Å². The first-order chi connectivity index (χ1) is 8.70. The number of carbonyl (C=O) groups is 1. The fourth-order valence-electron chi connectivity index (χ4n) is 1.84. The van der Waals surface area contributed by atoms with E-state index in [1.165, 1.54) is 11.1 Å². The Hall–Kier alpha value is -0.870. The number of benzene rings is 1. The number of aliphatic carboxylic acids is 1.